The molecular formula is C17H19N5O4. The largest absolute Gasteiger partial charge is 0.493 e. The quantitative estimate of drug-likeness (QED) is 0.337. The first-order valence-corrected chi connectivity index (χ1v) is 7.57. The number of rotatable bonds is 7. The van der Waals surface area contributed by atoms with Crippen LogP contribution in [-0.2, 0) is 6.61 Å². The number of aryl methyl sites for hydroxylation is 1. The van der Waals surface area contributed by atoms with Crippen molar-refractivity contribution in [2.24, 2.45) is 21.7 Å². The first-order chi connectivity index (χ1) is 12.4. The van der Waals surface area contributed by atoms with Crippen LogP contribution in [0.2, 0.25) is 0 Å². The molecule has 0 unspecified atom stereocenters. The van der Waals surface area contributed by atoms with Crippen LogP contribution in [0, 0.1) is 17.0 Å². The molecule has 0 heterocycles. The maximum Gasteiger partial charge on any atom is 0.315 e. The van der Waals surface area contributed by atoms with Crippen molar-refractivity contribution in [2.75, 3.05) is 7.11 Å². The Labute approximate surface area is 150 Å². The highest BCUT2D eigenvalue weighted by Gasteiger charge is 2.22. The zero-order chi connectivity index (χ0) is 19.1. The summed E-state index contributed by atoms with van der Waals surface area (Å²) in [4.78, 5) is 10.9. The van der Waals surface area contributed by atoms with Gasteiger partial charge in [-0.25, -0.2) is 0 Å². The van der Waals surface area contributed by atoms with Crippen molar-refractivity contribution in [1.29, 1.82) is 0 Å². The van der Waals surface area contributed by atoms with E-state index in [1.54, 1.807) is 6.07 Å². The van der Waals surface area contributed by atoms with E-state index in [1.807, 2.05) is 31.2 Å². The molecule has 9 nitrogen and oxygen atoms in total. The van der Waals surface area contributed by atoms with Crippen molar-refractivity contribution in [2.45, 2.75) is 13.5 Å². The number of benzene rings is 2. The van der Waals surface area contributed by atoms with E-state index < -0.39 is 4.92 Å². The molecule has 0 bridgehead atoms. The fourth-order valence-electron chi connectivity index (χ4n) is 2.23. The number of nitro benzene ring substituents is 1. The van der Waals surface area contributed by atoms with Gasteiger partial charge >= 0.3 is 5.69 Å². The SMILES string of the molecule is COc1cc(/C=N\N=C(N)N)cc([N+](=O)[O-])c1OCc1cccc(C)c1. The topological polar surface area (TPSA) is 138 Å². The fraction of sp³-hybridized carbons (Fsp3) is 0.176. The highest BCUT2D eigenvalue weighted by atomic mass is 16.6. The van der Waals surface area contributed by atoms with E-state index in [2.05, 4.69) is 10.2 Å². The van der Waals surface area contributed by atoms with Gasteiger partial charge in [0.1, 0.15) is 6.61 Å². The molecule has 2 rings (SSSR count). The minimum absolute atomic E-state index is 0.0398. The van der Waals surface area contributed by atoms with Gasteiger partial charge in [0.25, 0.3) is 0 Å². The minimum atomic E-state index is -0.550. The van der Waals surface area contributed by atoms with E-state index in [0.29, 0.717) is 5.56 Å². The van der Waals surface area contributed by atoms with Gasteiger partial charge in [0.2, 0.25) is 11.7 Å². The molecule has 0 saturated carbocycles. The Hall–Kier alpha value is -3.62. The molecule has 2 aromatic carbocycles. The molecule has 2 aromatic rings. The molecule has 0 atom stereocenters. The summed E-state index contributed by atoms with van der Waals surface area (Å²) in [7, 11) is 1.40. The van der Waals surface area contributed by atoms with Crippen molar-refractivity contribution in [1.82, 2.24) is 0 Å². The molecule has 0 radical (unpaired) electrons. The second-order valence-electron chi connectivity index (χ2n) is 5.38. The standard InChI is InChI=1S/C17H19N5O4/c1-11-4-3-5-12(6-11)10-26-16-14(22(23)24)7-13(8-15(16)25-2)9-20-21-17(18)19/h3-9H,10H2,1-2H3,(H4,18,19,21)/b20-9-. The lowest BCUT2D eigenvalue weighted by Gasteiger charge is -2.12. The van der Waals surface area contributed by atoms with E-state index in [0.717, 1.165) is 11.1 Å². The first kappa shape index (κ1) is 18.7. The van der Waals surface area contributed by atoms with E-state index in [-0.39, 0.29) is 29.8 Å². The van der Waals surface area contributed by atoms with Crippen LogP contribution in [0.25, 0.3) is 0 Å². The molecule has 0 spiro atoms. The Kier molecular flexibility index (Phi) is 6.10. The number of nitrogens with zero attached hydrogens (tertiary/aromatic N) is 3. The van der Waals surface area contributed by atoms with Crippen LogP contribution in [0.5, 0.6) is 11.5 Å². The van der Waals surface area contributed by atoms with Gasteiger partial charge in [-0.1, -0.05) is 29.8 Å². The number of nitro groups is 1. The van der Waals surface area contributed by atoms with Crippen molar-refractivity contribution >= 4 is 17.9 Å². The highest BCUT2D eigenvalue weighted by molar-refractivity contribution is 5.84. The van der Waals surface area contributed by atoms with Crippen LogP contribution >= 0.6 is 0 Å². The normalized spacial score (nSPS) is 10.5. The van der Waals surface area contributed by atoms with Gasteiger partial charge in [0.15, 0.2) is 5.75 Å². The fourth-order valence-corrected chi connectivity index (χ4v) is 2.23. The molecule has 4 N–H and O–H groups in total. The van der Waals surface area contributed by atoms with Gasteiger partial charge in [-0.05, 0) is 18.6 Å². The van der Waals surface area contributed by atoms with E-state index in [1.165, 1.54) is 19.4 Å². The number of methoxy groups -OCH3 is 1. The zero-order valence-electron chi connectivity index (χ0n) is 14.4. The Balaban J connectivity index is 2.36. The maximum atomic E-state index is 11.4. The molecular weight excluding hydrogens is 338 g/mol. The molecule has 9 heteroatoms. The Bertz CT molecular complexity index is 860. The average molecular weight is 357 g/mol. The summed E-state index contributed by atoms with van der Waals surface area (Å²) >= 11 is 0. The molecule has 0 saturated heterocycles. The Morgan fingerprint density at radius 2 is 2.08 bits per heavy atom. The number of guanidine groups is 1. The molecule has 0 fully saturated rings. The second kappa shape index (κ2) is 8.47. The monoisotopic (exact) mass is 357 g/mol. The zero-order valence-corrected chi connectivity index (χ0v) is 14.4. The van der Waals surface area contributed by atoms with Crippen LogP contribution in [0.1, 0.15) is 16.7 Å². The third kappa shape index (κ3) is 4.94. The number of hydrogen-bond donors (Lipinski definition) is 2. The smallest absolute Gasteiger partial charge is 0.315 e. The summed E-state index contributed by atoms with van der Waals surface area (Å²) in [5.41, 5.74) is 12.5. The molecule has 0 aliphatic rings. The van der Waals surface area contributed by atoms with Crippen LogP contribution in [0.3, 0.4) is 0 Å². The summed E-state index contributed by atoms with van der Waals surface area (Å²) in [5, 5.41) is 18.5. The Morgan fingerprint density at radius 3 is 2.69 bits per heavy atom. The molecule has 0 aliphatic carbocycles. The van der Waals surface area contributed by atoms with Gasteiger partial charge < -0.3 is 20.9 Å². The molecule has 136 valence electrons. The van der Waals surface area contributed by atoms with Crippen molar-refractivity contribution in [3.8, 4) is 11.5 Å². The summed E-state index contributed by atoms with van der Waals surface area (Å²) in [6.07, 6.45) is 1.28. The van der Waals surface area contributed by atoms with Crippen LogP contribution in [-0.4, -0.2) is 24.2 Å². The van der Waals surface area contributed by atoms with E-state index >= 15 is 0 Å². The van der Waals surface area contributed by atoms with Crippen LogP contribution < -0.4 is 20.9 Å². The van der Waals surface area contributed by atoms with Crippen molar-refractivity contribution in [3.05, 3.63) is 63.2 Å². The summed E-state index contributed by atoms with van der Waals surface area (Å²) in [5.74, 6) is 0.0248. The maximum absolute atomic E-state index is 11.4. The lowest BCUT2D eigenvalue weighted by molar-refractivity contribution is -0.386. The Morgan fingerprint density at radius 1 is 1.31 bits per heavy atom. The van der Waals surface area contributed by atoms with Gasteiger partial charge in [0.05, 0.1) is 18.2 Å². The van der Waals surface area contributed by atoms with E-state index in [4.69, 9.17) is 20.9 Å². The predicted octanol–water partition coefficient (Wildman–Crippen LogP) is 2.10. The third-order valence-corrected chi connectivity index (χ3v) is 3.32. The average Bonchev–Trinajstić information content (AvgIpc) is 2.59. The highest BCUT2D eigenvalue weighted by Crippen LogP contribution is 2.38. The number of ether oxygens (including phenoxy) is 2. The van der Waals surface area contributed by atoms with Gasteiger partial charge in [0, 0.05) is 11.6 Å². The first-order valence-electron chi connectivity index (χ1n) is 7.57. The van der Waals surface area contributed by atoms with Crippen LogP contribution in [0.4, 0.5) is 5.69 Å². The van der Waals surface area contributed by atoms with Gasteiger partial charge in [-0.15, -0.1) is 5.10 Å². The minimum Gasteiger partial charge on any atom is -0.493 e. The lowest BCUT2D eigenvalue weighted by Crippen LogP contribution is -2.21. The van der Waals surface area contributed by atoms with Crippen molar-refractivity contribution < 1.29 is 14.4 Å². The predicted molar refractivity (Wildman–Crippen MR) is 98.6 cm³/mol. The third-order valence-electron chi connectivity index (χ3n) is 3.32. The summed E-state index contributed by atoms with van der Waals surface area (Å²) in [6.45, 7) is 2.12. The van der Waals surface area contributed by atoms with E-state index in [9.17, 15) is 10.1 Å². The number of nitrogens with two attached hydrogens (primary N) is 2. The second-order valence-corrected chi connectivity index (χ2v) is 5.38. The molecule has 26 heavy (non-hydrogen) atoms. The van der Waals surface area contributed by atoms with Crippen molar-refractivity contribution in [3.63, 3.8) is 0 Å². The molecule has 0 aromatic heterocycles. The van der Waals surface area contributed by atoms with Gasteiger partial charge in [-0.3, -0.25) is 10.1 Å². The molecule has 0 amide bonds. The number of hydrogen-bond acceptors (Lipinski definition) is 6. The summed E-state index contributed by atoms with van der Waals surface area (Å²) in [6, 6.07) is 10.5. The molecule has 0 aliphatic heterocycles. The van der Waals surface area contributed by atoms with Crippen LogP contribution in [0.15, 0.2) is 46.6 Å². The lowest BCUT2D eigenvalue weighted by atomic mass is 10.1. The summed E-state index contributed by atoms with van der Waals surface area (Å²) < 4.78 is 10.9. The van der Waals surface area contributed by atoms with Gasteiger partial charge in [-0.2, -0.15) is 5.10 Å².